The molecule has 4 aliphatic heterocycles. The Hall–Kier alpha value is -4.72. The van der Waals surface area contributed by atoms with Crippen LogP contribution in [0.3, 0.4) is 0 Å². The van der Waals surface area contributed by atoms with E-state index in [0.717, 1.165) is 84.3 Å². The Balaban J connectivity index is 0.000000558. The van der Waals surface area contributed by atoms with E-state index in [4.69, 9.17) is 9.97 Å². The van der Waals surface area contributed by atoms with Gasteiger partial charge in [-0.1, -0.05) is 121 Å². The molecule has 15 rings (SSSR count). The van der Waals surface area contributed by atoms with Gasteiger partial charge in [-0.05, 0) is 237 Å². The molecule has 0 unspecified atom stereocenters. The number of hydrogen-bond donors (Lipinski definition) is 0. The molecule has 0 spiro atoms. The maximum atomic E-state index is 5.69. The fourth-order valence-corrected chi connectivity index (χ4v) is 14.7. The van der Waals surface area contributed by atoms with Crippen molar-refractivity contribution in [2.45, 2.75) is 37.5 Å². The minimum absolute atomic E-state index is 0. The molecule has 2 saturated heterocycles. The molecule has 3 aromatic heterocycles. The van der Waals surface area contributed by atoms with E-state index < -0.39 is 0 Å². The summed E-state index contributed by atoms with van der Waals surface area (Å²) in [5.41, 5.74) is 13.9. The van der Waals surface area contributed by atoms with Crippen LogP contribution < -0.4 is 0 Å². The largest absolute Gasteiger partial charge is 2.00 e. The second kappa shape index (κ2) is 29.8. The molecule has 4 nitrogen and oxygen atoms in total. The van der Waals surface area contributed by atoms with Crippen LogP contribution in [0, 0.1) is 126 Å². The van der Waals surface area contributed by atoms with Gasteiger partial charge in [-0.2, -0.15) is 0 Å². The summed E-state index contributed by atoms with van der Waals surface area (Å²) in [6, 6.07) is 53.2. The summed E-state index contributed by atoms with van der Waals surface area (Å²) in [5.74, 6) is 6.49. The summed E-state index contributed by atoms with van der Waals surface area (Å²) < 4.78 is 4.80. The second-order valence-corrected chi connectivity index (χ2v) is 23.9. The van der Waals surface area contributed by atoms with Crippen molar-refractivity contribution in [2.75, 3.05) is 39.3 Å². The van der Waals surface area contributed by atoms with Crippen molar-refractivity contribution in [3.05, 3.63) is 317 Å². The number of benzene rings is 4. The molecular weight excluding hydrogens is 1140 g/mol. The predicted octanol–water partition coefficient (Wildman–Crippen LogP) is 17.5. The first-order valence-electron chi connectivity index (χ1n) is 29.1. The van der Waals surface area contributed by atoms with E-state index in [-0.39, 0.29) is 34.1 Å². The van der Waals surface area contributed by atoms with Crippen molar-refractivity contribution in [3.8, 4) is 22.3 Å². The smallest absolute Gasteiger partial charge is 0.303 e. The van der Waals surface area contributed by atoms with Gasteiger partial charge in [-0.25, -0.2) is 9.97 Å². The predicted molar refractivity (Wildman–Crippen MR) is 346 cm³/mol. The van der Waals surface area contributed by atoms with Gasteiger partial charge in [0.05, 0.1) is 22.8 Å². The second-order valence-electron chi connectivity index (χ2n) is 21.8. The molecule has 8 heteroatoms. The quantitative estimate of drug-likeness (QED) is 0.128. The maximum absolute atomic E-state index is 5.69. The monoisotopic (exact) mass is 1210 g/mol. The van der Waals surface area contributed by atoms with E-state index in [1.165, 1.54) is 90.4 Å². The van der Waals surface area contributed by atoms with E-state index >= 15 is 0 Å². The first-order chi connectivity index (χ1) is 40.7. The zero-order valence-corrected chi connectivity index (χ0v) is 50.8. The van der Waals surface area contributed by atoms with Crippen LogP contribution in [0.15, 0.2) is 146 Å². The average molecular weight is 1210 g/mol. The summed E-state index contributed by atoms with van der Waals surface area (Å²) in [5, 5.41) is 0. The molecule has 0 N–H and O–H groups in total. The number of thiophene rings is 2. The Morgan fingerprint density at radius 1 is 0.333 bits per heavy atom. The standard InChI is InChI=1S/C66H56N4S2.2C5H5.2Fe/c1-5-15-45(16-6-1)47-35-39-69(40-36-47)43-51-23-13-25-53(51)65-57-29-27-55(67-57)63(49-19-9-3-10-20-49)59-31-32-60(71-59)64(50-21-11-4-12-22-50)56-28-30-58(68-56)66(62-34-33-61(65)72-62)54-26-14-24-52(54)44-70-41-37-48(38-42-70)46-17-7-2-8-18-46;2*1-2-4-5-3-1;;/h1-34,47-48H,35-44H2;2*1-5H;;/q;;;2*+2. The van der Waals surface area contributed by atoms with Crippen LogP contribution in [0.1, 0.15) is 82.5 Å². The summed E-state index contributed by atoms with van der Waals surface area (Å²) in [4.78, 5) is 16.7. The molecule has 8 aliphatic rings. The summed E-state index contributed by atoms with van der Waals surface area (Å²) in [7, 11) is 0. The number of rotatable bonds is 10. The zero-order chi connectivity index (χ0) is 54.9. The van der Waals surface area contributed by atoms with Crippen molar-refractivity contribution in [1.82, 2.24) is 19.8 Å². The molecule has 6 fully saturated rings. The van der Waals surface area contributed by atoms with Gasteiger partial charge in [-0.3, -0.25) is 0 Å². The average Bonchev–Trinajstić information content (AvgIpc) is 4.52. The van der Waals surface area contributed by atoms with Crippen LogP contribution in [0.4, 0.5) is 0 Å². The van der Waals surface area contributed by atoms with Crippen LogP contribution in [-0.4, -0.2) is 59.0 Å². The molecule has 7 heterocycles. The third-order valence-electron chi connectivity index (χ3n) is 16.6. The van der Waals surface area contributed by atoms with E-state index in [1.54, 1.807) is 0 Å². The van der Waals surface area contributed by atoms with Gasteiger partial charge in [0.25, 0.3) is 0 Å². The summed E-state index contributed by atoms with van der Waals surface area (Å²) >= 11 is 3.71. The van der Waals surface area contributed by atoms with Gasteiger partial charge in [0.1, 0.15) is 0 Å². The first kappa shape index (κ1) is 60.9. The van der Waals surface area contributed by atoms with Crippen LogP contribution in [0.5, 0.6) is 0 Å². The molecule has 4 saturated carbocycles. The van der Waals surface area contributed by atoms with Gasteiger partial charge < -0.3 is 9.80 Å². The topological polar surface area (TPSA) is 32.3 Å². The Morgan fingerprint density at radius 3 is 0.964 bits per heavy atom. The summed E-state index contributed by atoms with van der Waals surface area (Å²) in [6.45, 7) is 6.17. The Morgan fingerprint density at radius 2 is 0.631 bits per heavy atom. The van der Waals surface area contributed by atoms with Gasteiger partial charge in [0.2, 0.25) is 0 Å². The van der Waals surface area contributed by atoms with Crippen LogP contribution in [0.25, 0.3) is 65.4 Å². The molecule has 0 amide bonds. The van der Waals surface area contributed by atoms with E-state index in [9.17, 15) is 0 Å². The van der Waals surface area contributed by atoms with Crippen LogP contribution in [0.2, 0.25) is 0 Å². The number of likely N-dealkylation sites (tertiary alicyclic amines) is 2. The van der Waals surface area contributed by atoms with Gasteiger partial charge in [0, 0.05) is 77.8 Å². The number of aromatic nitrogens is 2. The van der Waals surface area contributed by atoms with Crippen LogP contribution >= 0.6 is 22.7 Å². The van der Waals surface area contributed by atoms with Crippen molar-refractivity contribution >= 4 is 65.8 Å². The molecule has 7 aromatic rings. The molecule has 84 heavy (non-hydrogen) atoms. The molecule has 4 aromatic carbocycles. The number of hydrogen-bond acceptors (Lipinski definition) is 6. The van der Waals surface area contributed by atoms with E-state index in [0.29, 0.717) is 11.8 Å². The number of piperidine rings is 2. The Kier molecular flexibility index (Phi) is 21.6. The maximum Gasteiger partial charge on any atom is 2.00 e. The van der Waals surface area contributed by atoms with E-state index in [2.05, 4.69) is 218 Å². The van der Waals surface area contributed by atoms with Gasteiger partial charge >= 0.3 is 34.1 Å². The van der Waals surface area contributed by atoms with Crippen LogP contribution in [-0.2, 0) is 34.1 Å². The Bertz CT molecular complexity index is 3200. The summed E-state index contributed by atoms with van der Waals surface area (Å²) in [6.07, 6.45) is 47.7. The molecule has 4 aliphatic carbocycles. The molecular formula is C76H66Fe2N4S2+4. The van der Waals surface area contributed by atoms with Gasteiger partial charge in [0.15, 0.2) is 0 Å². The van der Waals surface area contributed by atoms with Gasteiger partial charge in [-0.15, -0.1) is 22.7 Å². The molecule has 8 bridgehead atoms. The van der Waals surface area contributed by atoms with Crippen molar-refractivity contribution in [1.29, 1.82) is 0 Å². The minimum Gasteiger partial charge on any atom is -0.303 e. The Labute approximate surface area is 531 Å². The fraction of sp³-hybridized carbons (Fsp3) is 0.158. The van der Waals surface area contributed by atoms with Crippen molar-refractivity contribution < 1.29 is 34.1 Å². The minimum atomic E-state index is 0. The number of fused-ring (bicyclic) bond motifs is 8. The third-order valence-corrected chi connectivity index (χ3v) is 18.8. The number of nitrogens with zero attached hydrogens (tertiary/aromatic N) is 4. The molecule has 0 atom stereocenters. The molecule has 20 radical (unpaired) electrons. The molecule has 414 valence electrons. The van der Waals surface area contributed by atoms with Crippen molar-refractivity contribution in [3.63, 3.8) is 0 Å². The third kappa shape index (κ3) is 14.3. The normalized spacial score (nSPS) is 19.1. The van der Waals surface area contributed by atoms with E-state index in [1.807, 2.05) is 86.9 Å². The first-order valence-corrected chi connectivity index (χ1v) is 30.8. The SMILES string of the molecule is [CH]1[CH][CH][CH][CH]1.[CH]1[CH][CH][CH][CH]1.[CH]1[CH][C](CN2CCC(c3ccccc3)CC2)[C](c2c3nc(c(-c4ccccc4)c4ccc(s4)c(-c4ccccc4)c4nc(c([C]5[CH][CH][CH][C]5CN5CCC(c6ccccc6)CC5)c5ccc2s5)C=C4)C=C3)[CH]1.[Fe+2].[Fe+2]. The zero-order valence-electron chi connectivity index (χ0n) is 46.9. The fourth-order valence-electron chi connectivity index (χ4n) is 12.4. The van der Waals surface area contributed by atoms with Crippen molar-refractivity contribution in [2.24, 2.45) is 0 Å².